The van der Waals surface area contributed by atoms with Gasteiger partial charge in [-0.05, 0) is 24.3 Å². The monoisotopic (exact) mass is 345 g/mol. The molecule has 1 aromatic carbocycles. The third kappa shape index (κ3) is 3.62. The molecule has 1 aromatic heterocycles. The topological polar surface area (TPSA) is 85.1 Å². The summed E-state index contributed by atoms with van der Waals surface area (Å²) in [6, 6.07) is 6.48. The van der Waals surface area contributed by atoms with Crippen LogP contribution >= 0.6 is 15.9 Å². The van der Waals surface area contributed by atoms with E-state index in [-0.39, 0.29) is 23.8 Å². The van der Waals surface area contributed by atoms with E-state index >= 15 is 0 Å². The molecule has 102 valence electrons. The van der Waals surface area contributed by atoms with E-state index < -0.39 is 9.84 Å². The summed E-state index contributed by atoms with van der Waals surface area (Å²) in [7, 11) is -3.34. The summed E-state index contributed by atoms with van der Waals surface area (Å²) in [6.07, 6.45) is 1.52. The number of nitrogens with zero attached hydrogens (tertiary/aromatic N) is 3. The van der Waals surface area contributed by atoms with Crippen LogP contribution < -0.4 is 0 Å². The van der Waals surface area contributed by atoms with Crippen molar-refractivity contribution in [2.75, 3.05) is 5.75 Å². The first-order chi connectivity index (χ1) is 9.01. The molecule has 0 amide bonds. The standard InChI is InChI=1S/C11H12BrN3O3S/c12-9-1-3-11(4-2-9)19(17,18)6-5-15-7-10(8-16)13-14-15/h1-4,7,16H,5-6,8H2. The smallest absolute Gasteiger partial charge is 0.180 e. The second kappa shape index (κ2) is 5.81. The minimum absolute atomic E-state index is 0.0666. The zero-order valence-corrected chi connectivity index (χ0v) is 12.3. The van der Waals surface area contributed by atoms with Gasteiger partial charge in [0.15, 0.2) is 9.84 Å². The number of hydrogen-bond donors (Lipinski definition) is 1. The van der Waals surface area contributed by atoms with Gasteiger partial charge in [-0.1, -0.05) is 21.1 Å². The van der Waals surface area contributed by atoms with Crippen LogP contribution in [0.25, 0.3) is 0 Å². The summed E-state index contributed by atoms with van der Waals surface area (Å²) in [4.78, 5) is 0.276. The Kier molecular flexibility index (Phi) is 4.33. The van der Waals surface area contributed by atoms with E-state index in [0.717, 1.165) is 4.47 Å². The Morgan fingerprint density at radius 2 is 1.95 bits per heavy atom. The van der Waals surface area contributed by atoms with Crippen LogP contribution in [0.15, 0.2) is 39.8 Å². The summed E-state index contributed by atoms with van der Waals surface area (Å²) in [6.45, 7) is -0.00907. The van der Waals surface area contributed by atoms with Gasteiger partial charge in [-0.2, -0.15) is 0 Å². The summed E-state index contributed by atoms with van der Waals surface area (Å²) >= 11 is 3.26. The van der Waals surface area contributed by atoms with E-state index in [9.17, 15) is 8.42 Å². The fourth-order valence-corrected chi connectivity index (χ4v) is 2.97. The van der Waals surface area contributed by atoms with Gasteiger partial charge in [-0.25, -0.2) is 8.42 Å². The third-order valence-electron chi connectivity index (χ3n) is 2.51. The van der Waals surface area contributed by atoms with Crippen LogP contribution in [0.1, 0.15) is 5.69 Å². The first-order valence-corrected chi connectivity index (χ1v) is 7.94. The van der Waals surface area contributed by atoms with E-state index in [1.807, 2.05) is 0 Å². The number of benzene rings is 1. The Morgan fingerprint density at radius 3 is 2.53 bits per heavy atom. The lowest BCUT2D eigenvalue weighted by atomic mass is 10.4. The van der Waals surface area contributed by atoms with Crippen LogP contribution in [0, 0.1) is 0 Å². The molecule has 6 nitrogen and oxygen atoms in total. The molecule has 0 atom stereocenters. The summed E-state index contributed by atoms with van der Waals surface area (Å²) in [5, 5.41) is 16.3. The van der Waals surface area contributed by atoms with Gasteiger partial charge in [0, 0.05) is 4.47 Å². The molecule has 0 aliphatic carbocycles. The molecule has 0 saturated heterocycles. The van der Waals surface area contributed by atoms with Crippen LogP contribution in [0.4, 0.5) is 0 Å². The molecule has 2 rings (SSSR count). The number of rotatable bonds is 5. The van der Waals surface area contributed by atoms with E-state index in [1.54, 1.807) is 24.3 Å². The van der Waals surface area contributed by atoms with Crippen molar-refractivity contribution in [2.24, 2.45) is 0 Å². The molecule has 0 saturated carbocycles. The zero-order valence-electron chi connectivity index (χ0n) is 9.90. The highest BCUT2D eigenvalue weighted by Crippen LogP contribution is 2.16. The number of sulfone groups is 1. The van der Waals surface area contributed by atoms with Gasteiger partial charge < -0.3 is 5.11 Å². The van der Waals surface area contributed by atoms with Crippen LogP contribution in [-0.4, -0.2) is 34.3 Å². The first kappa shape index (κ1) is 14.2. The molecule has 19 heavy (non-hydrogen) atoms. The Bertz CT molecular complexity index is 652. The van der Waals surface area contributed by atoms with Crippen molar-refractivity contribution in [1.82, 2.24) is 15.0 Å². The average molecular weight is 346 g/mol. The van der Waals surface area contributed by atoms with Gasteiger partial charge >= 0.3 is 0 Å². The molecule has 1 N–H and O–H groups in total. The SMILES string of the molecule is O=S(=O)(CCn1cc(CO)nn1)c1ccc(Br)cc1. The Hall–Kier alpha value is -1.25. The molecule has 0 radical (unpaired) electrons. The van der Waals surface area contributed by atoms with Gasteiger partial charge in [0.25, 0.3) is 0 Å². The molecule has 0 fully saturated rings. The van der Waals surface area contributed by atoms with Crippen molar-refractivity contribution in [3.05, 3.63) is 40.6 Å². The fraction of sp³-hybridized carbons (Fsp3) is 0.273. The van der Waals surface area contributed by atoms with E-state index in [2.05, 4.69) is 26.2 Å². The highest BCUT2D eigenvalue weighted by Gasteiger charge is 2.14. The Balaban J connectivity index is 2.07. The molecular weight excluding hydrogens is 334 g/mol. The lowest BCUT2D eigenvalue weighted by molar-refractivity contribution is 0.276. The molecule has 0 aliphatic rings. The van der Waals surface area contributed by atoms with Crippen LogP contribution in [-0.2, 0) is 23.0 Å². The van der Waals surface area contributed by atoms with Crippen molar-refractivity contribution >= 4 is 25.8 Å². The van der Waals surface area contributed by atoms with Crippen molar-refractivity contribution in [1.29, 1.82) is 0 Å². The molecule has 1 heterocycles. The highest BCUT2D eigenvalue weighted by molar-refractivity contribution is 9.10. The predicted molar refractivity (Wildman–Crippen MR) is 72.1 cm³/mol. The van der Waals surface area contributed by atoms with Gasteiger partial charge in [0.05, 0.1) is 30.0 Å². The van der Waals surface area contributed by atoms with E-state index in [0.29, 0.717) is 5.69 Å². The van der Waals surface area contributed by atoms with E-state index in [4.69, 9.17) is 5.11 Å². The van der Waals surface area contributed by atoms with Crippen LogP contribution in [0.3, 0.4) is 0 Å². The maximum Gasteiger partial charge on any atom is 0.180 e. The number of halogens is 1. The summed E-state index contributed by atoms with van der Waals surface area (Å²) in [5.74, 6) is -0.0666. The second-order valence-corrected chi connectivity index (χ2v) is 6.93. The first-order valence-electron chi connectivity index (χ1n) is 5.49. The molecule has 0 bridgehead atoms. The zero-order chi connectivity index (χ0) is 13.9. The molecule has 8 heteroatoms. The normalized spacial score (nSPS) is 11.7. The minimum Gasteiger partial charge on any atom is -0.390 e. The third-order valence-corrected chi connectivity index (χ3v) is 4.75. The fourth-order valence-electron chi connectivity index (χ4n) is 1.49. The predicted octanol–water partition coefficient (Wildman–Crippen LogP) is 1.01. The highest BCUT2D eigenvalue weighted by atomic mass is 79.9. The van der Waals surface area contributed by atoms with Gasteiger partial charge in [-0.15, -0.1) is 5.10 Å². The van der Waals surface area contributed by atoms with Crippen molar-refractivity contribution < 1.29 is 13.5 Å². The number of aliphatic hydroxyl groups excluding tert-OH is 1. The lowest BCUT2D eigenvalue weighted by Crippen LogP contribution is -2.13. The summed E-state index contributed by atoms with van der Waals surface area (Å²) < 4.78 is 26.4. The number of aromatic nitrogens is 3. The van der Waals surface area contributed by atoms with Crippen molar-refractivity contribution in [3.63, 3.8) is 0 Å². The van der Waals surface area contributed by atoms with E-state index in [1.165, 1.54) is 10.9 Å². The second-order valence-electron chi connectivity index (χ2n) is 3.90. The van der Waals surface area contributed by atoms with Gasteiger partial charge in [-0.3, -0.25) is 4.68 Å². The average Bonchev–Trinajstić information content (AvgIpc) is 2.85. The maximum atomic E-state index is 12.1. The molecule has 2 aromatic rings. The van der Waals surface area contributed by atoms with Crippen LogP contribution in [0.2, 0.25) is 0 Å². The molecule has 0 unspecified atom stereocenters. The number of aliphatic hydroxyl groups is 1. The van der Waals surface area contributed by atoms with Gasteiger partial charge in [0.2, 0.25) is 0 Å². The quantitative estimate of drug-likeness (QED) is 0.873. The minimum atomic E-state index is -3.34. The molecule has 0 spiro atoms. The Labute approximate surface area is 119 Å². The largest absolute Gasteiger partial charge is 0.390 e. The Morgan fingerprint density at radius 1 is 1.26 bits per heavy atom. The molecular formula is C11H12BrN3O3S. The molecule has 0 aliphatic heterocycles. The number of aryl methyl sites for hydroxylation is 1. The number of hydrogen-bond acceptors (Lipinski definition) is 5. The van der Waals surface area contributed by atoms with Crippen LogP contribution in [0.5, 0.6) is 0 Å². The summed E-state index contributed by atoms with van der Waals surface area (Å²) in [5.41, 5.74) is 0.418. The van der Waals surface area contributed by atoms with Crippen molar-refractivity contribution in [3.8, 4) is 0 Å². The maximum absolute atomic E-state index is 12.1. The lowest BCUT2D eigenvalue weighted by Gasteiger charge is -2.04. The van der Waals surface area contributed by atoms with Gasteiger partial charge in [0.1, 0.15) is 5.69 Å². The van der Waals surface area contributed by atoms with Crippen molar-refractivity contribution in [2.45, 2.75) is 18.0 Å².